The van der Waals surface area contributed by atoms with Crippen molar-refractivity contribution in [3.8, 4) is 0 Å². The average molecular weight is 452 g/mol. The highest BCUT2D eigenvalue weighted by Gasteiger charge is 2.18. The molecule has 4 nitrogen and oxygen atoms in total. The lowest BCUT2D eigenvalue weighted by molar-refractivity contribution is -0.136. The van der Waals surface area contributed by atoms with E-state index in [0.717, 1.165) is 29.5 Å². The van der Waals surface area contributed by atoms with Crippen LogP contribution >= 0.6 is 0 Å². The van der Waals surface area contributed by atoms with Crippen LogP contribution in [-0.2, 0) is 24.1 Å². The fourth-order valence-electron chi connectivity index (χ4n) is 4.45. The third-order valence-electron chi connectivity index (χ3n) is 6.13. The molecule has 3 aromatic carbocycles. The predicted molar refractivity (Wildman–Crippen MR) is 135 cm³/mol. The van der Waals surface area contributed by atoms with Crippen LogP contribution in [0, 0.1) is 0 Å². The van der Waals surface area contributed by atoms with Crippen LogP contribution in [0.4, 0.5) is 0 Å². The van der Waals surface area contributed by atoms with Gasteiger partial charge in [-0.25, -0.2) is 0 Å². The average Bonchev–Trinajstić information content (AvgIpc) is 2.86. The SMILES string of the molecule is O=C(O)CCc1cccc(CCCc2cc(C(c3ccccc3)c3ccccc3)c[nH]c2=O)c1. The number of carbonyl (C=O) groups is 1. The predicted octanol–water partition coefficient (Wildman–Crippen LogP) is 5.75. The first kappa shape index (κ1) is 23.2. The van der Waals surface area contributed by atoms with Gasteiger partial charge in [-0.05, 0) is 59.6 Å². The first-order valence-corrected chi connectivity index (χ1v) is 11.7. The van der Waals surface area contributed by atoms with Crippen molar-refractivity contribution in [1.29, 1.82) is 0 Å². The molecular weight excluding hydrogens is 422 g/mol. The minimum atomic E-state index is -0.784. The minimum Gasteiger partial charge on any atom is -0.481 e. The first-order valence-electron chi connectivity index (χ1n) is 11.7. The van der Waals surface area contributed by atoms with Gasteiger partial charge in [0.1, 0.15) is 0 Å². The maximum Gasteiger partial charge on any atom is 0.303 e. The van der Waals surface area contributed by atoms with Gasteiger partial charge in [-0.3, -0.25) is 9.59 Å². The number of nitrogens with one attached hydrogen (secondary N) is 1. The number of aromatic nitrogens is 1. The lowest BCUT2D eigenvalue weighted by Crippen LogP contribution is -2.15. The molecule has 0 aliphatic carbocycles. The van der Waals surface area contributed by atoms with Gasteiger partial charge in [0.15, 0.2) is 0 Å². The lowest BCUT2D eigenvalue weighted by atomic mass is 9.85. The van der Waals surface area contributed by atoms with Crippen molar-refractivity contribution in [3.05, 3.63) is 141 Å². The summed E-state index contributed by atoms with van der Waals surface area (Å²) >= 11 is 0. The van der Waals surface area contributed by atoms with E-state index in [0.29, 0.717) is 12.8 Å². The molecule has 1 aromatic heterocycles. The summed E-state index contributed by atoms with van der Waals surface area (Å²) in [6.45, 7) is 0. The fourth-order valence-corrected chi connectivity index (χ4v) is 4.45. The molecule has 0 atom stereocenters. The van der Waals surface area contributed by atoms with Crippen LogP contribution < -0.4 is 5.56 Å². The van der Waals surface area contributed by atoms with Crippen LogP contribution in [0.15, 0.2) is 102 Å². The van der Waals surface area contributed by atoms with E-state index < -0.39 is 5.97 Å². The van der Waals surface area contributed by atoms with E-state index in [2.05, 4.69) is 41.4 Å². The van der Waals surface area contributed by atoms with E-state index in [1.54, 1.807) is 0 Å². The summed E-state index contributed by atoms with van der Waals surface area (Å²) in [5.41, 5.74) is 6.39. The highest BCUT2D eigenvalue weighted by atomic mass is 16.4. The molecule has 34 heavy (non-hydrogen) atoms. The Balaban J connectivity index is 1.51. The second-order valence-corrected chi connectivity index (χ2v) is 8.61. The molecule has 0 fully saturated rings. The zero-order valence-electron chi connectivity index (χ0n) is 19.1. The number of aromatic amines is 1. The monoisotopic (exact) mass is 451 g/mol. The number of pyridine rings is 1. The zero-order chi connectivity index (χ0) is 23.8. The summed E-state index contributed by atoms with van der Waals surface area (Å²) in [7, 11) is 0. The van der Waals surface area contributed by atoms with Gasteiger partial charge in [0.25, 0.3) is 5.56 Å². The quantitative estimate of drug-likeness (QED) is 0.323. The van der Waals surface area contributed by atoms with E-state index in [1.165, 1.54) is 16.7 Å². The van der Waals surface area contributed by atoms with Crippen LogP contribution in [0.2, 0.25) is 0 Å². The topological polar surface area (TPSA) is 70.2 Å². The third kappa shape index (κ3) is 6.10. The van der Waals surface area contributed by atoms with Crippen molar-refractivity contribution in [2.24, 2.45) is 0 Å². The molecule has 4 aromatic rings. The number of hydrogen-bond acceptors (Lipinski definition) is 2. The van der Waals surface area contributed by atoms with Crippen molar-refractivity contribution >= 4 is 5.97 Å². The molecule has 0 amide bonds. The molecule has 0 saturated carbocycles. The first-order chi connectivity index (χ1) is 16.6. The minimum absolute atomic E-state index is 0.0427. The summed E-state index contributed by atoms with van der Waals surface area (Å²) in [5, 5.41) is 8.91. The van der Waals surface area contributed by atoms with Crippen LogP contribution in [-0.4, -0.2) is 16.1 Å². The van der Waals surface area contributed by atoms with Gasteiger partial charge in [-0.2, -0.15) is 0 Å². The molecule has 0 saturated heterocycles. The summed E-state index contributed by atoms with van der Waals surface area (Å²) in [5.74, 6) is -0.738. The Morgan fingerprint density at radius 3 is 1.97 bits per heavy atom. The van der Waals surface area contributed by atoms with Gasteiger partial charge in [0, 0.05) is 24.1 Å². The van der Waals surface area contributed by atoms with Crippen LogP contribution in [0.5, 0.6) is 0 Å². The van der Waals surface area contributed by atoms with E-state index in [1.807, 2.05) is 60.8 Å². The summed E-state index contributed by atoms with van der Waals surface area (Å²) in [6, 6.07) is 30.8. The molecule has 0 unspecified atom stereocenters. The maximum atomic E-state index is 12.6. The standard InChI is InChI=1S/C30H29NO3/c32-28(33)18-17-23-10-7-9-22(19-23)11-8-16-26-20-27(21-31-30(26)34)29(24-12-3-1-4-13-24)25-14-5-2-6-15-25/h1-7,9-10,12-15,19-21,29H,8,11,16-18H2,(H,31,34)(H,32,33). The number of hydrogen-bond donors (Lipinski definition) is 2. The number of carboxylic acids is 1. The molecule has 2 N–H and O–H groups in total. The van der Waals surface area contributed by atoms with Gasteiger partial charge in [0.2, 0.25) is 0 Å². The number of carboxylic acid groups (broad SMARTS) is 1. The Morgan fingerprint density at radius 2 is 1.35 bits per heavy atom. The number of aryl methyl sites for hydroxylation is 3. The van der Waals surface area contributed by atoms with Crippen molar-refractivity contribution in [2.75, 3.05) is 0 Å². The van der Waals surface area contributed by atoms with Crippen molar-refractivity contribution in [3.63, 3.8) is 0 Å². The number of rotatable bonds is 10. The van der Waals surface area contributed by atoms with Crippen LogP contribution in [0.3, 0.4) is 0 Å². The van der Waals surface area contributed by atoms with Gasteiger partial charge in [0.05, 0.1) is 0 Å². The smallest absolute Gasteiger partial charge is 0.303 e. The van der Waals surface area contributed by atoms with Gasteiger partial charge in [-0.15, -0.1) is 0 Å². The second-order valence-electron chi connectivity index (χ2n) is 8.61. The van der Waals surface area contributed by atoms with E-state index >= 15 is 0 Å². The molecule has 0 aliphatic heterocycles. The van der Waals surface area contributed by atoms with Crippen molar-refractivity contribution in [2.45, 2.75) is 38.0 Å². The molecule has 0 spiro atoms. The fraction of sp³-hybridized carbons (Fsp3) is 0.200. The Kier molecular flexibility index (Phi) is 7.71. The summed E-state index contributed by atoms with van der Waals surface area (Å²) in [6.07, 6.45) is 4.86. The van der Waals surface area contributed by atoms with Gasteiger partial charge in [-0.1, -0.05) is 84.9 Å². The molecule has 0 radical (unpaired) electrons. The van der Waals surface area contributed by atoms with Crippen LogP contribution in [0.1, 0.15) is 52.1 Å². The molecule has 0 aliphatic rings. The molecular formula is C30H29NO3. The number of benzene rings is 3. The molecule has 172 valence electrons. The Hall–Kier alpha value is -3.92. The highest BCUT2D eigenvalue weighted by Crippen LogP contribution is 2.31. The molecule has 0 bridgehead atoms. The normalized spacial score (nSPS) is 11.0. The largest absolute Gasteiger partial charge is 0.481 e. The van der Waals surface area contributed by atoms with Crippen molar-refractivity contribution in [1.82, 2.24) is 4.98 Å². The van der Waals surface area contributed by atoms with E-state index in [-0.39, 0.29) is 17.9 Å². The van der Waals surface area contributed by atoms with Crippen LogP contribution in [0.25, 0.3) is 0 Å². The molecule has 4 rings (SSSR count). The second kappa shape index (κ2) is 11.3. The summed E-state index contributed by atoms with van der Waals surface area (Å²) < 4.78 is 0. The summed E-state index contributed by atoms with van der Waals surface area (Å²) in [4.78, 5) is 26.4. The van der Waals surface area contributed by atoms with Crippen molar-refractivity contribution < 1.29 is 9.90 Å². The Labute approximate surface area is 199 Å². The van der Waals surface area contributed by atoms with Gasteiger partial charge >= 0.3 is 5.97 Å². The third-order valence-corrected chi connectivity index (χ3v) is 6.13. The lowest BCUT2D eigenvalue weighted by Gasteiger charge is -2.19. The maximum absolute atomic E-state index is 12.6. The zero-order valence-corrected chi connectivity index (χ0v) is 19.1. The molecule has 1 heterocycles. The Morgan fingerprint density at radius 1 is 0.735 bits per heavy atom. The molecule has 4 heteroatoms. The van der Waals surface area contributed by atoms with E-state index in [9.17, 15) is 9.59 Å². The van der Waals surface area contributed by atoms with E-state index in [4.69, 9.17) is 5.11 Å². The van der Waals surface area contributed by atoms with Gasteiger partial charge < -0.3 is 10.1 Å². The number of H-pyrrole nitrogens is 1. The number of aliphatic carboxylic acids is 1. The highest BCUT2D eigenvalue weighted by molar-refractivity contribution is 5.67. The Bertz CT molecular complexity index is 1240.